The minimum atomic E-state index is 0.546. The summed E-state index contributed by atoms with van der Waals surface area (Å²) in [5.74, 6) is 1.52. The molecule has 0 aliphatic carbocycles. The third kappa shape index (κ3) is 4.64. The van der Waals surface area contributed by atoms with Gasteiger partial charge < -0.3 is 15.8 Å². The van der Waals surface area contributed by atoms with Crippen LogP contribution in [-0.2, 0) is 6.54 Å². The second-order valence-electron chi connectivity index (χ2n) is 4.28. The molecular formula is C13H22N2O. The molecule has 0 aliphatic rings. The number of benzene rings is 1. The van der Waals surface area contributed by atoms with Gasteiger partial charge in [-0.2, -0.15) is 0 Å². The molecule has 0 atom stereocenters. The first kappa shape index (κ1) is 13.0. The molecule has 1 aromatic rings. The molecule has 0 saturated carbocycles. The van der Waals surface area contributed by atoms with Crippen molar-refractivity contribution in [1.82, 2.24) is 5.32 Å². The molecule has 0 fully saturated rings. The highest BCUT2D eigenvalue weighted by Gasteiger charge is 2.03. The average molecular weight is 222 g/mol. The number of rotatable bonds is 7. The first-order chi connectivity index (χ1) is 7.74. The van der Waals surface area contributed by atoms with Crippen molar-refractivity contribution in [3.05, 3.63) is 29.8 Å². The molecular weight excluding hydrogens is 200 g/mol. The molecule has 1 aromatic carbocycles. The standard InChI is InChI=1S/C13H22N2O/c1-11(2)10-16-13-6-4-3-5-12(13)9-15-8-7-14/h3-6,11,15H,7-10,14H2,1-2H3. The summed E-state index contributed by atoms with van der Waals surface area (Å²) in [5, 5.41) is 3.27. The molecule has 16 heavy (non-hydrogen) atoms. The summed E-state index contributed by atoms with van der Waals surface area (Å²) < 4.78 is 5.76. The van der Waals surface area contributed by atoms with Gasteiger partial charge in [0.2, 0.25) is 0 Å². The Morgan fingerprint density at radius 1 is 1.31 bits per heavy atom. The Morgan fingerprint density at radius 3 is 2.75 bits per heavy atom. The summed E-state index contributed by atoms with van der Waals surface area (Å²) in [6, 6.07) is 8.13. The van der Waals surface area contributed by atoms with Crippen LogP contribution in [0.1, 0.15) is 19.4 Å². The van der Waals surface area contributed by atoms with Crippen LogP contribution in [0.25, 0.3) is 0 Å². The van der Waals surface area contributed by atoms with Crippen molar-refractivity contribution in [3.63, 3.8) is 0 Å². The van der Waals surface area contributed by atoms with Crippen LogP contribution in [0.15, 0.2) is 24.3 Å². The van der Waals surface area contributed by atoms with Gasteiger partial charge in [0.05, 0.1) is 6.61 Å². The van der Waals surface area contributed by atoms with Gasteiger partial charge >= 0.3 is 0 Å². The normalized spacial score (nSPS) is 10.8. The second kappa shape index (κ2) is 7.25. The maximum absolute atomic E-state index is 5.76. The fourth-order valence-corrected chi connectivity index (χ4v) is 1.37. The third-order valence-electron chi connectivity index (χ3n) is 2.18. The molecule has 3 N–H and O–H groups in total. The number of para-hydroxylation sites is 1. The van der Waals surface area contributed by atoms with E-state index in [0.717, 1.165) is 25.4 Å². The van der Waals surface area contributed by atoms with Crippen LogP contribution < -0.4 is 15.8 Å². The van der Waals surface area contributed by atoms with Crippen molar-refractivity contribution < 1.29 is 4.74 Å². The van der Waals surface area contributed by atoms with Crippen molar-refractivity contribution >= 4 is 0 Å². The Kier molecular flexibility index (Phi) is 5.90. The molecule has 3 heteroatoms. The average Bonchev–Trinajstić information content (AvgIpc) is 2.28. The Hall–Kier alpha value is -1.06. The lowest BCUT2D eigenvalue weighted by Crippen LogP contribution is -2.22. The number of nitrogens with one attached hydrogen (secondary N) is 1. The molecule has 90 valence electrons. The van der Waals surface area contributed by atoms with E-state index >= 15 is 0 Å². The number of ether oxygens (including phenoxy) is 1. The fraction of sp³-hybridized carbons (Fsp3) is 0.538. The van der Waals surface area contributed by atoms with Crippen LogP contribution in [0.3, 0.4) is 0 Å². The highest BCUT2D eigenvalue weighted by Crippen LogP contribution is 2.18. The van der Waals surface area contributed by atoms with Gasteiger partial charge in [0.25, 0.3) is 0 Å². The van der Waals surface area contributed by atoms with E-state index in [1.807, 2.05) is 18.2 Å². The molecule has 0 radical (unpaired) electrons. The highest BCUT2D eigenvalue weighted by molar-refractivity contribution is 5.33. The van der Waals surface area contributed by atoms with Crippen molar-refractivity contribution in [2.75, 3.05) is 19.7 Å². The van der Waals surface area contributed by atoms with E-state index in [4.69, 9.17) is 10.5 Å². The zero-order valence-corrected chi connectivity index (χ0v) is 10.2. The molecule has 0 aromatic heterocycles. The Labute approximate surface area is 98.0 Å². The minimum Gasteiger partial charge on any atom is -0.493 e. The quantitative estimate of drug-likeness (QED) is 0.691. The van der Waals surface area contributed by atoms with Crippen LogP contribution in [-0.4, -0.2) is 19.7 Å². The molecule has 0 aliphatic heterocycles. The second-order valence-corrected chi connectivity index (χ2v) is 4.28. The van der Waals surface area contributed by atoms with Gasteiger partial charge in [-0.15, -0.1) is 0 Å². The Morgan fingerprint density at radius 2 is 2.06 bits per heavy atom. The van der Waals surface area contributed by atoms with Gasteiger partial charge in [-0.1, -0.05) is 32.0 Å². The summed E-state index contributed by atoms with van der Waals surface area (Å²) in [4.78, 5) is 0. The lowest BCUT2D eigenvalue weighted by atomic mass is 10.2. The molecule has 0 saturated heterocycles. The van der Waals surface area contributed by atoms with Crippen molar-refractivity contribution in [3.8, 4) is 5.75 Å². The first-order valence-electron chi connectivity index (χ1n) is 5.85. The van der Waals surface area contributed by atoms with Crippen molar-refractivity contribution in [2.45, 2.75) is 20.4 Å². The zero-order chi connectivity index (χ0) is 11.8. The van der Waals surface area contributed by atoms with E-state index in [1.165, 1.54) is 5.56 Å². The number of hydrogen-bond acceptors (Lipinski definition) is 3. The summed E-state index contributed by atoms with van der Waals surface area (Å²) >= 11 is 0. The lowest BCUT2D eigenvalue weighted by Gasteiger charge is -2.13. The summed E-state index contributed by atoms with van der Waals surface area (Å²) in [5.41, 5.74) is 6.63. The van der Waals surface area contributed by atoms with E-state index < -0.39 is 0 Å². The van der Waals surface area contributed by atoms with Gasteiger partial charge in [0, 0.05) is 25.2 Å². The summed E-state index contributed by atoms with van der Waals surface area (Å²) in [6.45, 7) is 7.36. The van der Waals surface area contributed by atoms with E-state index in [-0.39, 0.29) is 0 Å². The maximum Gasteiger partial charge on any atom is 0.123 e. The van der Waals surface area contributed by atoms with Crippen LogP contribution in [0.5, 0.6) is 5.75 Å². The number of nitrogens with two attached hydrogens (primary N) is 1. The monoisotopic (exact) mass is 222 g/mol. The molecule has 0 spiro atoms. The predicted octanol–water partition coefficient (Wildman–Crippen LogP) is 1.77. The van der Waals surface area contributed by atoms with Crippen molar-refractivity contribution in [1.29, 1.82) is 0 Å². The Balaban J connectivity index is 2.53. The van der Waals surface area contributed by atoms with Gasteiger partial charge in [-0.3, -0.25) is 0 Å². The SMILES string of the molecule is CC(C)COc1ccccc1CNCCN. The predicted molar refractivity (Wildman–Crippen MR) is 67.5 cm³/mol. The van der Waals surface area contributed by atoms with Crippen molar-refractivity contribution in [2.24, 2.45) is 11.7 Å². The van der Waals surface area contributed by atoms with Gasteiger partial charge in [0.1, 0.15) is 5.75 Å². The minimum absolute atomic E-state index is 0.546. The smallest absolute Gasteiger partial charge is 0.123 e. The first-order valence-corrected chi connectivity index (χ1v) is 5.85. The largest absolute Gasteiger partial charge is 0.493 e. The molecule has 1 rings (SSSR count). The van der Waals surface area contributed by atoms with Crippen LogP contribution in [0.4, 0.5) is 0 Å². The maximum atomic E-state index is 5.76. The van der Waals surface area contributed by atoms with E-state index in [2.05, 4.69) is 25.2 Å². The van der Waals surface area contributed by atoms with Gasteiger partial charge in [-0.25, -0.2) is 0 Å². The van der Waals surface area contributed by atoms with Crippen LogP contribution in [0, 0.1) is 5.92 Å². The highest BCUT2D eigenvalue weighted by atomic mass is 16.5. The van der Waals surface area contributed by atoms with Crippen LogP contribution in [0.2, 0.25) is 0 Å². The molecule has 3 nitrogen and oxygen atoms in total. The molecule has 0 heterocycles. The fourth-order valence-electron chi connectivity index (χ4n) is 1.37. The van der Waals surface area contributed by atoms with E-state index in [9.17, 15) is 0 Å². The number of hydrogen-bond donors (Lipinski definition) is 2. The zero-order valence-electron chi connectivity index (χ0n) is 10.2. The lowest BCUT2D eigenvalue weighted by molar-refractivity contribution is 0.268. The topological polar surface area (TPSA) is 47.3 Å². The molecule has 0 bridgehead atoms. The third-order valence-corrected chi connectivity index (χ3v) is 2.18. The van der Waals surface area contributed by atoms with E-state index in [1.54, 1.807) is 0 Å². The molecule has 0 amide bonds. The van der Waals surface area contributed by atoms with Gasteiger partial charge in [-0.05, 0) is 12.0 Å². The van der Waals surface area contributed by atoms with Crippen LogP contribution >= 0.6 is 0 Å². The summed E-state index contributed by atoms with van der Waals surface area (Å²) in [6.07, 6.45) is 0. The molecule has 0 unspecified atom stereocenters. The Bertz CT molecular complexity index is 300. The van der Waals surface area contributed by atoms with Gasteiger partial charge in [0.15, 0.2) is 0 Å². The van der Waals surface area contributed by atoms with E-state index in [0.29, 0.717) is 12.5 Å². The summed E-state index contributed by atoms with van der Waals surface area (Å²) in [7, 11) is 0.